The van der Waals surface area contributed by atoms with E-state index in [1.54, 1.807) is 30.2 Å². The number of methoxy groups -OCH3 is 1. The van der Waals surface area contributed by atoms with Crippen molar-refractivity contribution >= 4 is 45.2 Å². The number of carbonyl (C=O) groups excluding carboxylic acids is 1. The van der Waals surface area contributed by atoms with Crippen LogP contribution in [0.2, 0.25) is 5.02 Å². The molecule has 1 aliphatic heterocycles. The minimum atomic E-state index is -1.01. The third-order valence-corrected chi connectivity index (χ3v) is 5.37. The molecule has 0 saturated carbocycles. The lowest BCUT2D eigenvalue weighted by Gasteiger charge is -2.39. The van der Waals surface area contributed by atoms with Gasteiger partial charge in [0, 0.05) is 22.6 Å². The van der Waals surface area contributed by atoms with Crippen molar-refractivity contribution in [2.24, 2.45) is 5.92 Å². The molecule has 0 aromatic heterocycles. The minimum Gasteiger partial charge on any atom is -0.497 e. The Labute approximate surface area is 170 Å². The van der Waals surface area contributed by atoms with Crippen LogP contribution in [-0.2, 0) is 11.3 Å². The molecule has 0 aliphatic carbocycles. The number of carbonyl (C=O) groups is 2. The van der Waals surface area contributed by atoms with Crippen LogP contribution in [0.5, 0.6) is 5.75 Å². The van der Waals surface area contributed by atoms with E-state index in [9.17, 15) is 9.59 Å². The van der Waals surface area contributed by atoms with Crippen molar-refractivity contribution in [1.29, 1.82) is 0 Å². The number of likely N-dealkylation sites (tertiary alicyclic amines) is 1. The summed E-state index contributed by atoms with van der Waals surface area (Å²) in [6, 6.07) is 12.7. The highest BCUT2D eigenvalue weighted by Crippen LogP contribution is 2.33. The molecule has 1 saturated heterocycles. The van der Waals surface area contributed by atoms with Gasteiger partial charge in [-0.15, -0.1) is 0 Å². The van der Waals surface area contributed by atoms with Crippen molar-refractivity contribution in [3.63, 3.8) is 0 Å². The zero-order valence-electron chi connectivity index (χ0n) is 14.6. The van der Waals surface area contributed by atoms with Crippen molar-refractivity contribution in [2.45, 2.75) is 6.54 Å². The Bertz CT molecular complexity index is 853. The molecule has 0 bridgehead atoms. The summed E-state index contributed by atoms with van der Waals surface area (Å²) >= 11 is 9.62. The van der Waals surface area contributed by atoms with E-state index in [1.165, 1.54) is 4.90 Å². The predicted molar refractivity (Wildman–Crippen MR) is 106 cm³/mol. The summed E-state index contributed by atoms with van der Waals surface area (Å²) in [6.45, 7) is 0.738. The van der Waals surface area contributed by atoms with E-state index in [0.717, 1.165) is 15.8 Å². The lowest BCUT2D eigenvalue weighted by Crippen LogP contribution is -2.56. The molecule has 0 spiro atoms. The fourth-order valence-electron chi connectivity index (χ4n) is 2.90. The van der Waals surface area contributed by atoms with Crippen molar-refractivity contribution < 1.29 is 19.4 Å². The molecule has 1 N–H and O–H groups in total. The minimum absolute atomic E-state index is 0.133. The standard InChI is InChI=1S/C19H18BrClN2O4/c1-27-15-5-2-12(3-6-15)9-23(17-8-14(21)4-7-16(17)20)18(24)13-10-22(11-13)19(25)26/h2-8,13H,9-11H2,1H3,(H,25,26). The van der Waals surface area contributed by atoms with Crippen LogP contribution in [0.1, 0.15) is 5.56 Å². The van der Waals surface area contributed by atoms with E-state index < -0.39 is 6.09 Å². The molecule has 2 aromatic rings. The number of hydrogen-bond acceptors (Lipinski definition) is 3. The first-order valence-corrected chi connectivity index (χ1v) is 9.43. The van der Waals surface area contributed by atoms with Gasteiger partial charge in [0.15, 0.2) is 0 Å². The van der Waals surface area contributed by atoms with Gasteiger partial charge in [0.2, 0.25) is 5.91 Å². The third-order valence-electron chi connectivity index (χ3n) is 4.47. The van der Waals surface area contributed by atoms with Crippen LogP contribution in [0.3, 0.4) is 0 Å². The Balaban J connectivity index is 1.87. The highest BCUT2D eigenvalue weighted by molar-refractivity contribution is 9.10. The van der Waals surface area contributed by atoms with Gasteiger partial charge in [-0.3, -0.25) is 4.79 Å². The van der Waals surface area contributed by atoms with Crippen LogP contribution in [0.25, 0.3) is 0 Å². The molecule has 0 unspecified atom stereocenters. The highest BCUT2D eigenvalue weighted by atomic mass is 79.9. The third kappa shape index (κ3) is 4.36. The summed E-state index contributed by atoms with van der Waals surface area (Å²) in [7, 11) is 1.60. The summed E-state index contributed by atoms with van der Waals surface area (Å²) in [6.07, 6.45) is -1.01. The van der Waals surface area contributed by atoms with E-state index in [2.05, 4.69) is 15.9 Å². The van der Waals surface area contributed by atoms with Gasteiger partial charge in [-0.25, -0.2) is 4.79 Å². The number of ether oxygens (including phenoxy) is 1. The van der Waals surface area contributed by atoms with E-state index in [-0.39, 0.29) is 24.9 Å². The number of benzene rings is 2. The number of hydrogen-bond donors (Lipinski definition) is 1. The molecule has 142 valence electrons. The number of rotatable bonds is 5. The van der Waals surface area contributed by atoms with E-state index in [4.69, 9.17) is 21.4 Å². The first-order valence-electron chi connectivity index (χ1n) is 8.26. The molecular formula is C19H18BrClN2O4. The summed E-state index contributed by atoms with van der Waals surface area (Å²) in [5.41, 5.74) is 1.57. The smallest absolute Gasteiger partial charge is 0.407 e. The molecule has 1 heterocycles. The number of amides is 2. The molecule has 2 aromatic carbocycles. The molecular weight excluding hydrogens is 436 g/mol. The number of nitrogens with zero attached hydrogens (tertiary/aromatic N) is 2. The maximum Gasteiger partial charge on any atom is 0.407 e. The Morgan fingerprint density at radius 3 is 2.52 bits per heavy atom. The van der Waals surface area contributed by atoms with Gasteiger partial charge in [0.05, 0.1) is 25.3 Å². The topological polar surface area (TPSA) is 70.1 Å². The molecule has 6 nitrogen and oxygen atoms in total. The van der Waals surface area contributed by atoms with Crippen molar-refractivity contribution in [2.75, 3.05) is 25.1 Å². The largest absolute Gasteiger partial charge is 0.497 e. The predicted octanol–water partition coefficient (Wildman–Crippen LogP) is 4.25. The molecule has 8 heteroatoms. The lowest BCUT2D eigenvalue weighted by atomic mass is 9.98. The quantitative estimate of drug-likeness (QED) is 0.734. The Kier molecular flexibility index (Phi) is 5.92. The van der Waals surface area contributed by atoms with Crippen molar-refractivity contribution in [3.8, 4) is 5.75 Å². The zero-order chi connectivity index (χ0) is 19.6. The van der Waals surface area contributed by atoms with Gasteiger partial charge in [-0.05, 0) is 51.8 Å². The first-order chi connectivity index (χ1) is 12.9. The molecule has 3 rings (SSSR count). The molecule has 2 amide bonds. The van der Waals surface area contributed by atoms with E-state index in [1.807, 2.05) is 24.3 Å². The molecule has 1 fully saturated rings. The van der Waals surface area contributed by atoms with Crippen LogP contribution in [0.15, 0.2) is 46.9 Å². The van der Waals surface area contributed by atoms with Crippen molar-refractivity contribution in [3.05, 3.63) is 57.5 Å². The second kappa shape index (κ2) is 8.19. The van der Waals surface area contributed by atoms with Gasteiger partial charge < -0.3 is 19.6 Å². The number of anilines is 1. The summed E-state index contributed by atoms with van der Waals surface area (Å²) in [4.78, 5) is 27.0. The van der Waals surface area contributed by atoms with Crippen LogP contribution in [0.4, 0.5) is 10.5 Å². The van der Waals surface area contributed by atoms with Crippen LogP contribution in [-0.4, -0.2) is 42.2 Å². The highest BCUT2D eigenvalue weighted by Gasteiger charge is 2.38. The summed E-state index contributed by atoms with van der Waals surface area (Å²) in [5, 5.41) is 9.53. The SMILES string of the molecule is COc1ccc(CN(C(=O)C2CN(C(=O)O)C2)c2cc(Cl)ccc2Br)cc1. The normalized spacial score (nSPS) is 13.8. The van der Waals surface area contributed by atoms with E-state index in [0.29, 0.717) is 17.3 Å². The van der Waals surface area contributed by atoms with Crippen LogP contribution >= 0.6 is 27.5 Å². The zero-order valence-corrected chi connectivity index (χ0v) is 16.9. The molecule has 1 aliphatic rings. The first kappa shape index (κ1) is 19.5. The summed E-state index contributed by atoms with van der Waals surface area (Å²) < 4.78 is 5.91. The average molecular weight is 454 g/mol. The maximum atomic E-state index is 13.1. The molecule has 27 heavy (non-hydrogen) atoms. The van der Waals surface area contributed by atoms with Gasteiger partial charge in [-0.1, -0.05) is 23.7 Å². The Hall–Kier alpha value is -2.25. The lowest BCUT2D eigenvalue weighted by molar-refractivity contribution is -0.126. The van der Waals surface area contributed by atoms with Crippen LogP contribution < -0.4 is 9.64 Å². The maximum absolute atomic E-state index is 13.1. The second-order valence-electron chi connectivity index (χ2n) is 6.25. The van der Waals surface area contributed by atoms with Gasteiger partial charge >= 0.3 is 6.09 Å². The fourth-order valence-corrected chi connectivity index (χ4v) is 3.53. The monoisotopic (exact) mass is 452 g/mol. The molecule has 0 atom stereocenters. The summed E-state index contributed by atoms with van der Waals surface area (Å²) in [5.74, 6) is 0.230. The fraction of sp³-hybridized carbons (Fsp3) is 0.263. The van der Waals surface area contributed by atoms with Crippen molar-refractivity contribution in [1.82, 2.24) is 4.90 Å². The molecule has 0 radical (unpaired) electrons. The number of carboxylic acid groups (broad SMARTS) is 1. The number of halogens is 2. The Morgan fingerprint density at radius 1 is 1.26 bits per heavy atom. The van der Waals surface area contributed by atoms with E-state index >= 15 is 0 Å². The van der Waals surface area contributed by atoms with Gasteiger partial charge in [0.25, 0.3) is 0 Å². The van der Waals surface area contributed by atoms with Gasteiger partial charge in [-0.2, -0.15) is 0 Å². The van der Waals surface area contributed by atoms with Crippen LogP contribution in [0, 0.1) is 5.92 Å². The van der Waals surface area contributed by atoms with Gasteiger partial charge in [0.1, 0.15) is 5.75 Å². The average Bonchev–Trinajstić information content (AvgIpc) is 2.60. The Morgan fingerprint density at radius 2 is 1.93 bits per heavy atom. The second-order valence-corrected chi connectivity index (χ2v) is 7.54.